The van der Waals surface area contributed by atoms with Crippen molar-refractivity contribution in [2.24, 2.45) is 0 Å². The Morgan fingerprint density at radius 3 is 1.62 bits per heavy atom. The van der Waals surface area contributed by atoms with Gasteiger partial charge in [-0.1, -0.05) is 90.1 Å². The normalized spacial score (nSPS) is 14.2. The fourth-order valence-electron chi connectivity index (χ4n) is 4.83. The molecule has 15 heteroatoms. The van der Waals surface area contributed by atoms with Gasteiger partial charge in [-0.2, -0.15) is 8.42 Å². The van der Waals surface area contributed by atoms with Crippen LogP contribution >= 0.6 is 7.60 Å². The van der Waals surface area contributed by atoms with E-state index in [1.54, 1.807) is 96.1 Å². The van der Waals surface area contributed by atoms with Gasteiger partial charge in [0.25, 0.3) is 10.1 Å². The maximum atomic E-state index is 14.7. The molecule has 4 aromatic rings. The van der Waals surface area contributed by atoms with Crippen LogP contribution < -0.4 is 16.4 Å². The Morgan fingerprint density at radius 1 is 0.745 bits per heavy atom. The van der Waals surface area contributed by atoms with Gasteiger partial charge in [0, 0.05) is 23.7 Å². The second-order valence-electron chi connectivity index (χ2n) is 12.9. The lowest BCUT2D eigenvalue weighted by Crippen LogP contribution is -2.32. The van der Waals surface area contributed by atoms with Gasteiger partial charge >= 0.3 is 19.2 Å². The molecule has 2 aromatic carbocycles. The maximum absolute atomic E-state index is 14.7. The molecule has 0 saturated heterocycles. The number of ether oxygens (including phenoxy) is 1. The van der Waals surface area contributed by atoms with Crippen molar-refractivity contribution < 1.29 is 49.0 Å². The zero-order valence-electron chi connectivity index (χ0n) is 27.0. The van der Waals surface area contributed by atoms with Crippen LogP contribution in [0, 0.1) is 0 Å². The summed E-state index contributed by atoms with van der Waals surface area (Å²) in [5, 5.41) is 0. The number of benzene rings is 2. The third-order valence-electron chi connectivity index (χ3n) is 6.92. The van der Waals surface area contributed by atoms with Gasteiger partial charge < -0.3 is 22.4 Å². The molecule has 47 heavy (non-hydrogen) atoms. The van der Waals surface area contributed by atoms with Crippen molar-refractivity contribution in [1.82, 2.24) is 0 Å². The molecule has 0 fully saturated rings. The van der Waals surface area contributed by atoms with E-state index in [1.165, 1.54) is 0 Å². The van der Waals surface area contributed by atoms with Crippen molar-refractivity contribution in [2.45, 2.75) is 89.5 Å². The van der Waals surface area contributed by atoms with E-state index in [2.05, 4.69) is 0 Å². The highest BCUT2D eigenvalue weighted by Gasteiger charge is 2.48. The summed E-state index contributed by atoms with van der Waals surface area (Å²) in [5.41, 5.74) is -0.752. The molecule has 1 N–H and O–H groups in total. The zero-order chi connectivity index (χ0) is 34.6. The summed E-state index contributed by atoms with van der Waals surface area (Å²) in [6.45, 7) is 8.91. The van der Waals surface area contributed by atoms with E-state index in [0.29, 0.717) is 5.75 Å². The topological polar surface area (TPSA) is 186 Å². The molecule has 2 unspecified atom stereocenters. The van der Waals surface area contributed by atoms with E-state index in [1.807, 2.05) is 6.07 Å². The van der Waals surface area contributed by atoms with E-state index >= 15 is 0 Å². The van der Waals surface area contributed by atoms with Gasteiger partial charge in [-0.15, -0.1) is 0 Å². The molecule has 0 radical (unpaired) electrons. The third kappa shape index (κ3) is 9.68. The first-order valence-corrected chi connectivity index (χ1v) is 17.8. The minimum Gasteiger partial charge on any atom is -0.490 e. The van der Waals surface area contributed by atoms with Gasteiger partial charge in [0.2, 0.25) is 0 Å². The van der Waals surface area contributed by atoms with Crippen LogP contribution in [-0.2, 0) is 54.2 Å². The molecule has 4 rings (SSSR count). The van der Waals surface area contributed by atoms with Crippen molar-refractivity contribution in [3.05, 3.63) is 111 Å². The van der Waals surface area contributed by atoms with Crippen LogP contribution in [0.2, 0.25) is 0 Å². The van der Waals surface area contributed by atoms with Gasteiger partial charge in [-0.05, 0) is 17.7 Å². The molecule has 0 aliphatic heterocycles. The minimum atomic E-state index is -5.20. The van der Waals surface area contributed by atoms with E-state index in [4.69, 9.17) is 31.5 Å². The molecule has 0 bridgehead atoms. The molecule has 0 saturated carbocycles. The first kappa shape index (κ1) is 36.2. The Morgan fingerprint density at radius 2 is 1.19 bits per heavy atom. The van der Waals surface area contributed by atoms with E-state index < -0.39 is 70.9 Å². The molecule has 0 amide bonds. The summed E-state index contributed by atoms with van der Waals surface area (Å²) < 4.78 is 89.6. The lowest BCUT2D eigenvalue weighted by molar-refractivity contribution is 0.152. The lowest BCUT2D eigenvalue weighted by atomic mass is 9.92. The number of hydrogen-bond donors (Lipinski definition) is 1. The van der Waals surface area contributed by atoms with Gasteiger partial charge in [0.15, 0.2) is 28.0 Å². The molecule has 2 atom stereocenters. The predicted molar refractivity (Wildman–Crippen MR) is 170 cm³/mol. The third-order valence-corrected chi connectivity index (χ3v) is 11.3. The molecule has 0 aliphatic carbocycles. The summed E-state index contributed by atoms with van der Waals surface area (Å²) >= 11 is 0. The summed E-state index contributed by atoms with van der Waals surface area (Å²) in [4.78, 5) is 21.8. The van der Waals surface area contributed by atoms with Crippen LogP contribution in [0.3, 0.4) is 0 Å². The predicted octanol–water partition coefficient (Wildman–Crippen LogP) is 6.59. The second-order valence-corrected chi connectivity index (χ2v) is 17.1. The Kier molecular flexibility index (Phi) is 10.9. The fourth-order valence-corrected chi connectivity index (χ4v) is 8.45. The summed E-state index contributed by atoms with van der Waals surface area (Å²) in [7, 11) is -10.2. The average molecular weight is 695 g/mol. The Hall–Kier alpha value is -3.68. The van der Waals surface area contributed by atoms with Crippen molar-refractivity contribution in [2.75, 3.05) is 0 Å². The standard InChI is InChI=1S/C32H39O13PS/c1-31(2,3)27-24(42-29(33)44-27)19-39-46(35,40-20-25-28(32(4,5)6)45-30(34)43-25)26(47(36,37)38)18-23(17-21-13-9-7-10-14-21)41-22-15-11-8-12-16-22/h7-16,23,26H,17-20H2,1-6H3,(H,36,37,38). The zero-order valence-corrected chi connectivity index (χ0v) is 28.7. The van der Waals surface area contributed by atoms with E-state index in [-0.39, 0.29) is 29.5 Å². The minimum absolute atomic E-state index is 0.0719. The molecule has 2 aromatic heterocycles. The number of para-hydroxylation sites is 1. The first-order chi connectivity index (χ1) is 21.8. The molecule has 13 nitrogen and oxygen atoms in total. The van der Waals surface area contributed by atoms with Gasteiger partial charge in [-0.3, -0.25) is 18.2 Å². The smallest absolute Gasteiger partial charge is 0.490 e. The quantitative estimate of drug-likeness (QED) is 0.110. The summed E-state index contributed by atoms with van der Waals surface area (Å²) in [5.74, 6) is -1.89. The molecular weight excluding hydrogens is 655 g/mol. The van der Waals surface area contributed by atoms with Crippen LogP contribution in [0.5, 0.6) is 5.75 Å². The van der Waals surface area contributed by atoms with Crippen molar-refractivity contribution in [3.8, 4) is 5.75 Å². The number of hydrogen-bond acceptors (Lipinski definition) is 12. The highest BCUT2D eigenvalue weighted by atomic mass is 32.2. The monoisotopic (exact) mass is 694 g/mol. The second kappa shape index (κ2) is 14.2. The largest absolute Gasteiger partial charge is 0.519 e. The molecule has 0 spiro atoms. The molecule has 2 heterocycles. The van der Waals surface area contributed by atoms with Crippen molar-refractivity contribution >= 4 is 17.7 Å². The van der Waals surface area contributed by atoms with Crippen molar-refractivity contribution in [3.63, 3.8) is 0 Å². The van der Waals surface area contributed by atoms with Gasteiger partial charge in [0.1, 0.15) is 25.1 Å². The average Bonchev–Trinajstić information content (AvgIpc) is 3.56. The number of rotatable bonds is 14. The van der Waals surface area contributed by atoms with E-state index in [9.17, 15) is 27.1 Å². The SMILES string of the molecule is CC(C)(C)c1oc(=O)oc1COP(=O)(OCc1oc(=O)oc1C(C)(C)C)C(CC(Cc1ccccc1)Oc1ccccc1)S(=O)(=O)O. The molecule has 0 aliphatic rings. The van der Waals surface area contributed by atoms with Gasteiger partial charge in [-0.25, -0.2) is 9.59 Å². The highest BCUT2D eigenvalue weighted by Crippen LogP contribution is 2.58. The molecule has 256 valence electrons. The molecular formula is C32H39O13PS. The Labute approximate surface area is 272 Å². The summed E-state index contributed by atoms with van der Waals surface area (Å²) in [6.07, 6.45) is -1.39. The van der Waals surface area contributed by atoms with Gasteiger partial charge in [0.05, 0.1) is 0 Å². The Balaban J connectivity index is 1.76. The lowest BCUT2D eigenvalue weighted by Gasteiger charge is -2.28. The van der Waals surface area contributed by atoms with Crippen LogP contribution in [0.4, 0.5) is 0 Å². The highest BCUT2D eigenvalue weighted by molar-refractivity contribution is 7.94. The fraction of sp³-hybridized carbons (Fsp3) is 0.438. The van der Waals surface area contributed by atoms with Crippen molar-refractivity contribution in [1.29, 1.82) is 0 Å². The Bertz CT molecular complexity index is 1770. The van der Waals surface area contributed by atoms with Crippen LogP contribution in [0.1, 0.15) is 76.6 Å². The van der Waals surface area contributed by atoms with E-state index in [0.717, 1.165) is 5.56 Å². The maximum Gasteiger partial charge on any atom is 0.519 e. The summed E-state index contributed by atoms with van der Waals surface area (Å²) in [6, 6.07) is 17.6. The van der Waals surface area contributed by atoms with Crippen LogP contribution in [0.15, 0.2) is 87.9 Å². The first-order valence-electron chi connectivity index (χ1n) is 14.7. The van der Waals surface area contributed by atoms with Crippen LogP contribution in [0.25, 0.3) is 0 Å². The van der Waals surface area contributed by atoms with Crippen LogP contribution in [-0.4, -0.2) is 24.1 Å².